The zero-order valence-corrected chi connectivity index (χ0v) is 14.4. The number of nitrogens with one attached hydrogen (secondary N) is 1. The predicted octanol–water partition coefficient (Wildman–Crippen LogP) is 4.72. The van der Waals surface area contributed by atoms with E-state index in [1.165, 1.54) is 30.3 Å². The van der Waals surface area contributed by atoms with Gasteiger partial charge in [-0.3, -0.25) is 9.36 Å². The molecule has 0 aliphatic carbocycles. The molecule has 2 aromatic heterocycles. The third-order valence-electron chi connectivity index (χ3n) is 4.31. The van der Waals surface area contributed by atoms with E-state index in [-0.39, 0.29) is 17.1 Å². The molecular formula is C21H15F2N3O. The normalized spacial score (nSPS) is 10.9. The fourth-order valence-electron chi connectivity index (χ4n) is 3.02. The second-order valence-electron chi connectivity index (χ2n) is 6.16. The van der Waals surface area contributed by atoms with Gasteiger partial charge in [0.2, 0.25) is 0 Å². The Bertz CT molecular complexity index is 1180. The number of benzene rings is 2. The summed E-state index contributed by atoms with van der Waals surface area (Å²) in [5, 5.41) is 3.62. The average molecular weight is 363 g/mol. The summed E-state index contributed by atoms with van der Waals surface area (Å²) in [6.45, 7) is 1.84. The maximum atomic E-state index is 13.4. The van der Waals surface area contributed by atoms with Crippen molar-refractivity contribution in [2.75, 3.05) is 5.32 Å². The van der Waals surface area contributed by atoms with Crippen LogP contribution in [0.15, 0.2) is 71.7 Å². The molecule has 27 heavy (non-hydrogen) atoms. The molecule has 4 aromatic rings. The van der Waals surface area contributed by atoms with Crippen molar-refractivity contribution in [3.05, 3.63) is 94.3 Å². The van der Waals surface area contributed by atoms with Gasteiger partial charge in [0.1, 0.15) is 23.1 Å². The number of pyridine rings is 2. The van der Waals surface area contributed by atoms with Crippen LogP contribution < -0.4 is 10.7 Å². The molecule has 0 saturated carbocycles. The summed E-state index contributed by atoms with van der Waals surface area (Å²) in [6, 6.07) is 14.9. The van der Waals surface area contributed by atoms with Crippen molar-refractivity contribution in [3.8, 4) is 5.69 Å². The summed E-state index contributed by atoms with van der Waals surface area (Å²) >= 11 is 0. The van der Waals surface area contributed by atoms with Crippen LogP contribution in [-0.4, -0.2) is 9.55 Å². The van der Waals surface area contributed by atoms with Gasteiger partial charge in [0.15, 0.2) is 5.43 Å². The van der Waals surface area contributed by atoms with Crippen LogP contribution in [0.25, 0.3) is 16.7 Å². The second kappa shape index (κ2) is 6.64. The van der Waals surface area contributed by atoms with Crippen molar-refractivity contribution in [2.45, 2.75) is 6.92 Å². The summed E-state index contributed by atoms with van der Waals surface area (Å²) in [5.41, 5.74) is 2.33. The molecular weight excluding hydrogens is 348 g/mol. The molecule has 2 aromatic carbocycles. The quantitative estimate of drug-likeness (QED) is 0.573. The highest BCUT2D eigenvalue weighted by Gasteiger charge is 2.14. The number of hydrogen-bond acceptors (Lipinski definition) is 3. The lowest BCUT2D eigenvalue weighted by molar-refractivity contribution is 0.627. The fraction of sp³-hybridized carbons (Fsp3) is 0.0476. The fourth-order valence-corrected chi connectivity index (χ4v) is 3.02. The van der Waals surface area contributed by atoms with E-state index < -0.39 is 0 Å². The van der Waals surface area contributed by atoms with Crippen LogP contribution in [0.1, 0.15) is 5.56 Å². The van der Waals surface area contributed by atoms with E-state index >= 15 is 0 Å². The molecule has 4 nitrogen and oxygen atoms in total. The van der Waals surface area contributed by atoms with Crippen molar-refractivity contribution < 1.29 is 8.78 Å². The van der Waals surface area contributed by atoms with Gasteiger partial charge in [0.05, 0.1) is 5.39 Å². The van der Waals surface area contributed by atoms with E-state index in [2.05, 4.69) is 10.3 Å². The number of fused-ring (bicyclic) bond motifs is 1. The Morgan fingerprint density at radius 2 is 1.56 bits per heavy atom. The summed E-state index contributed by atoms with van der Waals surface area (Å²) in [7, 11) is 0. The molecule has 2 heterocycles. The topological polar surface area (TPSA) is 46.9 Å². The molecule has 0 fully saturated rings. The van der Waals surface area contributed by atoms with Crippen LogP contribution in [0.2, 0.25) is 0 Å². The minimum Gasteiger partial charge on any atom is -0.341 e. The largest absolute Gasteiger partial charge is 0.341 e. The van der Waals surface area contributed by atoms with Crippen LogP contribution in [0.4, 0.5) is 20.3 Å². The number of anilines is 2. The molecule has 0 unspecified atom stereocenters. The van der Waals surface area contributed by atoms with E-state index in [4.69, 9.17) is 0 Å². The Kier molecular flexibility index (Phi) is 4.16. The first-order valence-corrected chi connectivity index (χ1v) is 8.33. The maximum absolute atomic E-state index is 13.4. The SMILES string of the molecule is Cc1ccnc2c1c(=O)cc(Nc1ccc(F)cc1)n2-c1ccc(F)cc1. The molecule has 0 spiro atoms. The summed E-state index contributed by atoms with van der Waals surface area (Å²) in [4.78, 5) is 17.1. The Morgan fingerprint density at radius 1 is 0.926 bits per heavy atom. The zero-order valence-electron chi connectivity index (χ0n) is 14.4. The molecule has 0 radical (unpaired) electrons. The third kappa shape index (κ3) is 3.17. The first-order valence-electron chi connectivity index (χ1n) is 8.33. The second-order valence-corrected chi connectivity index (χ2v) is 6.16. The van der Waals surface area contributed by atoms with Crippen LogP contribution >= 0.6 is 0 Å². The van der Waals surface area contributed by atoms with Gasteiger partial charge >= 0.3 is 0 Å². The molecule has 134 valence electrons. The van der Waals surface area contributed by atoms with Crippen LogP contribution in [0.5, 0.6) is 0 Å². The summed E-state index contributed by atoms with van der Waals surface area (Å²) < 4.78 is 28.3. The van der Waals surface area contributed by atoms with E-state index in [0.29, 0.717) is 28.2 Å². The lowest BCUT2D eigenvalue weighted by Crippen LogP contribution is -2.14. The van der Waals surface area contributed by atoms with Gasteiger partial charge in [-0.25, -0.2) is 13.8 Å². The first-order chi connectivity index (χ1) is 13.0. The number of halogens is 2. The Morgan fingerprint density at radius 3 is 2.22 bits per heavy atom. The number of hydrogen-bond donors (Lipinski definition) is 1. The van der Waals surface area contributed by atoms with Crippen molar-refractivity contribution in [2.24, 2.45) is 0 Å². The summed E-state index contributed by atoms with van der Waals surface area (Å²) in [6.07, 6.45) is 1.62. The molecule has 0 aliphatic heterocycles. The number of aromatic nitrogens is 2. The molecule has 4 rings (SSSR count). The molecule has 0 aliphatic rings. The highest BCUT2D eigenvalue weighted by Crippen LogP contribution is 2.25. The van der Waals surface area contributed by atoms with Crippen molar-refractivity contribution >= 4 is 22.5 Å². The van der Waals surface area contributed by atoms with Crippen LogP contribution in [0.3, 0.4) is 0 Å². The standard InChI is InChI=1S/C21H15F2N3O/c1-13-10-11-24-21-20(13)18(27)12-19(25-16-6-2-14(22)3-7-16)26(21)17-8-4-15(23)5-9-17/h2-12,25H,1H3. The van der Waals surface area contributed by atoms with E-state index in [1.807, 2.05) is 6.92 Å². The molecule has 6 heteroatoms. The Balaban J connectivity index is 1.99. The van der Waals surface area contributed by atoms with Gasteiger partial charge in [0.25, 0.3) is 0 Å². The van der Waals surface area contributed by atoms with E-state index in [9.17, 15) is 13.6 Å². The van der Waals surface area contributed by atoms with Gasteiger partial charge in [-0.1, -0.05) is 0 Å². The lowest BCUT2D eigenvalue weighted by atomic mass is 10.1. The van der Waals surface area contributed by atoms with E-state index in [0.717, 1.165) is 5.56 Å². The van der Waals surface area contributed by atoms with Gasteiger partial charge in [-0.15, -0.1) is 0 Å². The predicted molar refractivity (Wildman–Crippen MR) is 102 cm³/mol. The Labute approximate surface area is 153 Å². The van der Waals surface area contributed by atoms with E-state index in [1.54, 1.807) is 41.1 Å². The number of rotatable bonds is 3. The monoisotopic (exact) mass is 363 g/mol. The van der Waals surface area contributed by atoms with Crippen molar-refractivity contribution in [1.82, 2.24) is 9.55 Å². The molecule has 0 bridgehead atoms. The van der Waals surface area contributed by atoms with Crippen molar-refractivity contribution in [1.29, 1.82) is 0 Å². The Hall–Kier alpha value is -3.54. The van der Waals surface area contributed by atoms with Crippen molar-refractivity contribution in [3.63, 3.8) is 0 Å². The molecule has 1 N–H and O–H groups in total. The highest BCUT2D eigenvalue weighted by atomic mass is 19.1. The zero-order chi connectivity index (χ0) is 19.0. The average Bonchev–Trinajstić information content (AvgIpc) is 2.65. The minimum atomic E-state index is -0.360. The highest BCUT2D eigenvalue weighted by molar-refractivity contribution is 5.83. The van der Waals surface area contributed by atoms with Crippen LogP contribution in [0, 0.1) is 18.6 Å². The van der Waals surface area contributed by atoms with Gasteiger partial charge < -0.3 is 5.32 Å². The lowest BCUT2D eigenvalue weighted by Gasteiger charge is -2.18. The number of nitrogens with zero attached hydrogens (tertiary/aromatic N) is 2. The molecule has 0 amide bonds. The first kappa shape index (κ1) is 16.9. The minimum absolute atomic E-state index is 0.182. The van der Waals surface area contributed by atoms with Crippen LogP contribution in [-0.2, 0) is 0 Å². The molecule has 0 atom stereocenters. The third-order valence-corrected chi connectivity index (χ3v) is 4.31. The number of aryl methyl sites for hydroxylation is 1. The maximum Gasteiger partial charge on any atom is 0.193 e. The van der Waals surface area contributed by atoms with Gasteiger partial charge in [0, 0.05) is 23.6 Å². The van der Waals surface area contributed by atoms with Gasteiger partial charge in [-0.2, -0.15) is 0 Å². The summed E-state index contributed by atoms with van der Waals surface area (Å²) in [5.74, 6) is -0.266. The molecule has 0 saturated heterocycles. The smallest absolute Gasteiger partial charge is 0.193 e. The van der Waals surface area contributed by atoms with Gasteiger partial charge in [-0.05, 0) is 67.1 Å².